The summed E-state index contributed by atoms with van der Waals surface area (Å²) in [5, 5.41) is 8.55. The number of rotatable bonds is 5. The molecule has 0 unspecified atom stereocenters. The Morgan fingerprint density at radius 1 is 1.32 bits per heavy atom. The lowest BCUT2D eigenvalue weighted by Gasteiger charge is -2.06. The van der Waals surface area contributed by atoms with Gasteiger partial charge in [0.25, 0.3) is 0 Å². The minimum Gasteiger partial charge on any atom is -0.320 e. The van der Waals surface area contributed by atoms with E-state index in [1.165, 1.54) is 11.3 Å². The van der Waals surface area contributed by atoms with Crippen molar-refractivity contribution in [3.05, 3.63) is 46.2 Å². The number of hydrogen-bond donors (Lipinski definition) is 1. The van der Waals surface area contributed by atoms with Gasteiger partial charge in [0.2, 0.25) is 0 Å². The lowest BCUT2D eigenvalue weighted by molar-refractivity contribution is 0.720. The third-order valence-electron chi connectivity index (χ3n) is 3.35. The van der Waals surface area contributed by atoms with Gasteiger partial charge in [-0.2, -0.15) is 5.10 Å². The van der Waals surface area contributed by atoms with Crippen LogP contribution in [0.4, 0.5) is 0 Å². The van der Waals surface area contributed by atoms with Crippen molar-refractivity contribution in [1.82, 2.24) is 15.1 Å². The lowest BCUT2D eigenvalue weighted by Crippen LogP contribution is -2.09. The van der Waals surface area contributed by atoms with E-state index in [1.807, 2.05) is 36.0 Å². The smallest absolute Gasteiger partial charge is 0.0663 e. The first-order chi connectivity index (χ1) is 9.13. The highest BCUT2D eigenvalue weighted by molar-refractivity contribution is 6.30. The van der Waals surface area contributed by atoms with Crippen LogP contribution in [0.3, 0.4) is 0 Å². The number of hydrogen-bond acceptors (Lipinski definition) is 2. The van der Waals surface area contributed by atoms with Gasteiger partial charge < -0.3 is 5.32 Å². The van der Waals surface area contributed by atoms with Crippen molar-refractivity contribution < 1.29 is 0 Å². The van der Waals surface area contributed by atoms with Crippen molar-refractivity contribution in [2.75, 3.05) is 13.6 Å². The molecule has 0 aliphatic rings. The zero-order chi connectivity index (χ0) is 13.8. The molecule has 1 heterocycles. The van der Waals surface area contributed by atoms with Crippen LogP contribution in [-0.2, 0) is 6.42 Å². The van der Waals surface area contributed by atoms with Crippen LogP contribution in [0.25, 0.3) is 5.69 Å². The Labute approximate surface area is 119 Å². The van der Waals surface area contributed by atoms with Crippen molar-refractivity contribution in [3.63, 3.8) is 0 Å². The van der Waals surface area contributed by atoms with Crippen LogP contribution < -0.4 is 5.32 Å². The maximum Gasteiger partial charge on any atom is 0.0663 e. The highest BCUT2D eigenvalue weighted by Gasteiger charge is 2.12. The molecule has 1 N–H and O–H groups in total. The minimum absolute atomic E-state index is 0.738. The monoisotopic (exact) mass is 277 g/mol. The van der Waals surface area contributed by atoms with E-state index in [2.05, 4.69) is 24.3 Å². The van der Waals surface area contributed by atoms with Crippen LogP contribution in [0.5, 0.6) is 0 Å². The molecule has 3 nitrogen and oxygen atoms in total. The quantitative estimate of drug-likeness (QED) is 0.850. The molecule has 0 radical (unpaired) electrons. The van der Waals surface area contributed by atoms with E-state index in [4.69, 9.17) is 11.6 Å². The molecule has 0 bridgehead atoms. The first-order valence-electron chi connectivity index (χ1n) is 6.59. The van der Waals surface area contributed by atoms with E-state index in [9.17, 15) is 0 Å². The summed E-state index contributed by atoms with van der Waals surface area (Å²) in [4.78, 5) is 0. The zero-order valence-electron chi connectivity index (χ0n) is 11.7. The Bertz CT molecular complexity index is 561. The summed E-state index contributed by atoms with van der Waals surface area (Å²) < 4.78 is 1.98. The Kier molecular flexibility index (Phi) is 4.61. The summed E-state index contributed by atoms with van der Waals surface area (Å²) in [5.74, 6) is 0. The van der Waals surface area contributed by atoms with Crippen molar-refractivity contribution >= 4 is 11.6 Å². The number of benzene rings is 1. The molecule has 1 aromatic heterocycles. The van der Waals surface area contributed by atoms with E-state index >= 15 is 0 Å². The summed E-state index contributed by atoms with van der Waals surface area (Å²) >= 11 is 6.05. The number of halogens is 1. The van der Waals surface area contributed by atoms with E-state index in [0.717, 1.165) is 35.8 Å². The molecule has 0 amide bonds. The third kappa shape index (κ3) is 3.17. The maximum atomic E-state index is 6.05. The van der Waals surface area contributed by atoms with Crippen LogP contribution in [0.15, 0.2) is 24.3 Å². The van der Waals surface area contributed by atoms with Gasteiger partial charge in [-0.3, -0.25) is 0 Å². The van der Waals surface area contributed by atoms with Crippen LogP contribution in [0, 0.1) is 13.8 Å². The standard InChI is InChI=1S/C15H20ClN3/c1-11-15(8-5-9-17-3)12(2)19(18-11)14-7-4-6-13(16)10-14/h4,6-7,10,17H,5,8-9H2,1-3H3. The first-order valence-corrected chi connectivity index (χ1v) is 6.97. The average Bonchev–Trinajstić information content (AvgIpc) is 2.67. The molecule has 0 aliphatic carbocycles. The SMILES string of the molecule is CNCCCc1c(C)nn(-c2cccc(Cl)c2)c1C. The molecule has 4 heteroatoms. The topological polar surface area (TPSA) is 29.9 Å². The molecule has 0 fully saturated rings. The predicted molar refractivity (Wildman–Crippen MR) is 80.3 cm³/mol. The molecule has 0 atom stereocenters. The number of aromatic nitrogens is 2. The highest BCUT2D eigenvalue weighted by Crippen LogP contribution is 2.21. The third-order valence-corrected chi connectivity index (χ3v) is 3.58. The predicted octanol–water partition coefficient (Wildman–Crippen LogP) is 3.29. The Hall–Kier alpha value is -1.32. The molecule has 2 aromatic rings. The number of nitrogens with one attached hydrogen (secondary N) is 1. The second kappa shape index (κ2) is 6.22. The molecular weight excluding hydrogens is 258 g/mol. The summed E-state index contributed by atoms with van der Waals surface area (Å²) in [6, 6.07) is 7.81. The van der Waals surface area contributed by atoms with Gasteiger partial charge in [0.15, 0.2) is 0 Å². The van der Waals surface area contributed by atoms with E-state index in [0.29, 0.717) is 0 Å². The minimum atomic E-state index is 0.738. The summed E-state index contributed by atoms with van der Waals surface area (Å²) in [5.41, 5.74) is 4.67. The summed E-state index contributed by atoms with van der Waals surface area (Å²) in [6.45, 7) is 5.22. The zero-order valence-corrected chi connectivity index (χ0v) is 12.5. The van der Waals surface area contributed by atoms with Gasteiger partial charge in [-0.1, -0.05) is 17.7 Å². The summed E-state index contributed by atoms with van der Waals surface area (Å²) in [7, 11) is 1.98. The van der Waals surface area contributed by atoms with E-state index < -0.39 is 0 Å². The Balaban J connectivity index is 2.30. The summed E-state index contributed by atoms with van der Waals surface area (Å²) in [6.07, 6.45) is 2.18. The van der Waals surface area contributed by atoms with Gasteiger partial charge in [0, 0.05) is 10.7 Å². The van der Waals surface area contributed by atoms with Gasteiger partial charge in [-0.15, -0.1) is 0 Å². The largest absolute Gasteiger partial charge is 0.320 e. The maximum absolute atomic E-state index is 6.05. The van der Waals surface area contributed by atoms with E-state index in [-0.39, 0.29) is 0 Å². The molecule has 2 rings (SSSR count). The van der Waals surface area contributed by atoms with Crippen molar-refractivity contribution in [2.24, 2.45) is 0 Å². The van der Waals surface area contributed by atoms with Crippen LogP contribution in [0.2, 0.25) is 5.02 Å². The van der Waals surface area contributed by atoms with Crippen LogP contribution >= 0.6 is 11.6 Å². The van der Waals surface area contributed by atoms with Crippen LogP contribution in [0.1, 0.15) is 23.4 Å². The number of aryl methyl sites for hydroxylation is 1. The molecule has 0 spiro atoms. The lowest BCUT2D eigenvalue weighted by atomic mass is 10.1. The van der Waals surface area contributed by atoms with Crippen molar-refractivity contribution in [3.8, 4) is 5.69 Å². The molecular formula is C15H20ClN3. The molecule has 0 saturated heterocycles. The Morgan fingerprint density at radius 3 is 2.79 bits per heavy atom. The van der Waals surface area contributed by atoms with Gasteiger partial charge in [-0.25, -0.2) is 4.68 Å². The normalized spacial score (nSPS) is 10.9. The van der Waals surface area contributed by atoms with Crippen molar-refractivity contribution in [2.45, 2.75) is 26.7 Å². The number of nitrogens with zero attached hydrogens (tertiary/aromatic N) is 2. The van der Waals surface area contributed by atoms with Gasteiger partial charge in [0.1, 0.15) is 0 Å². The molecule has 102 valence electrons. The average molecular weight is 278 g/mol. The second-order valence-electron chi connectivity index (χ2n) is 4.75. The fourth-order valence-electron chi connectivity index (χ4n) is 2.34. The van der Waals surface area contributed by atoms with Gasteiger partial charge >= 0.3 is 0 Å². The molecule has 19 heavy (non-hydrogen) atoms. The van der Waals surface area contributed by atoms with Gasteiger partial charge in [0.05, 0.1) is 11.4 Å². The van der Waals surface area contributed by atoms with Gasteiger partial charge in [-0.05, 0) is 64.0 Å². The fraction of sp³-hybridized carbons (Fsp3) is 0.400. The Morgan fingerprint density at radius 2 is 2.11 bits per heavy atom. The molecule has 1 aromatic carbocycles. The van der Waals surface area contributed by atoms with E-state index in [1.54, 1.807) is 0 Å². The highest BCUT2D eigenvalue weighted by atomic mass is 35.5. The second-order valence-corrected chi connectivity index (χ2v) is 5.18. The fourth-order valence-corrected chi connectivity index (χ4v) is 2.52. The van der Waals surface area contributed by atoms with Crippen molar-refractivity contribution in [1.29, 1.82) is 0 Å². The molecule has 0 saturated carbocycles. The first kappa shape index (κ1) is 14.1. The van der Waals surface area contributed by atoms with Crippen LogP contribution in [-0.4, -0.2) is 23.4 Å². The molecule has 0 aliphatic heterocycles.